The zero-order valence-corrected chi connectivity index (χ0v) is 17.5. The fourth-order valence-electron chi connectivity index (χ4n) is 3.70. The fraction of sp³-hybridized carbons (Fsp3) is 0.286. The lowest BCUT2D eigenvalue weighted by Crippen LogP contribution is -2.24. The molecule has 0 unspecified atom stereocenters. The van der Waals surface area contributed by atoms with Gasteiger partial charge in [-0.25, -0.2) is 4.98 Å². The van der Waals surface area contributed by atoms with E-state index < -0.39 is 0 Å². The number of hydrogen-bond acceptors (Lipinski definition) is 7. The molecule has 1 amide bonds. The zero-order valence-electron chi connectivity index (χ0n) is 15.8. The van der Waals surface area contributed by atoms with E-state index in [9.17, 15) is 10.1 Å². The number of nitrogens with one attached hydrogen (secondary N) is 1. The molecule has 6 nitrogen and oxygen atoms in total. The van der Waals surface area contributed by atoms with Crippen molar-refractivity contribution in [3.8, 4) is 17.2 Å². The van der Waals surface area contributed by atoms with Crippen LogP contribution in [0.15, 0.2) is 28.5 Å². The number of nitrogens with zero attached hydrogens (tertiary/aromatic N) is 2. The van der Waals surface area contributed by atoms with Crippen molar-refractivity contribution in [1.29, 1.82) is 5.26 Å². The summed E-state index contributed by atoms with van der Waals surface area (Å²) in [5.41, 5.74) is 16.0. The average molecular weight is 424 g/mol. The number of aromatic nitrogens is 1. The van der Waals surface area contributed by atoms with Crippen molar-refractivity contribution in [2.24, 2.45) is 0 Å². The Labute approximate surface area is 176 Å². The molecule has 0 atom stereocenters. The van der Waals surface area contributed by atoms with Gasteiger partial charge in [0.2, 0.25) is 0 Å². The summed E-state index contributed by atoms with van der Waals surface area (Å²) in [6, 6.07) is 4.05. The highest BCUT2D eigenvalue weighted by Crippen LogP contribution is 2.43. The van der Waals surface area contributed by atoms with Gasteiger partial charge in [-0.05, 0) is 54.5 Å². The van der Waals surface area contributed by atoms with Crippen LogP contribution in [0.3, 0.4) is 0 Å². The quantitative estimate of drug-likeness (QED) is 0.515. The Hall–Kier alpha value is -2.89. The third-order valence-corrected chi connectivity index (χ3v) is 6.93. The third-order valence-electron chi connectivity index (χ3n) is 5.15. The molecule has 1 aliphatic rings. The molecule has 0 saturated carbocycles. The monoisotopic (exact) mass is 423 g/mol. The van der Waals surface area contributed by atoms with Gasteiger partial charge in [0.25, 0.3) is 5.91 Å². The molecular weight excluding hydrogens is 402 g/mol. The molecular formula is C21H21N5OS2. The minimum Gasteiger partial charge on any atom is -0.397 e. The van der Waals surface area contributed by atoms with E-state index >= 15 is 0 Å². The largest absolute Gasteiger partial charge is 0.397 e. The van der Waals surface area contributed by atoms with Gasteiger partial charge in [-0.3, -0.25) is 4.79 Å². The SMILES string of the molecule is N#Cc1c(N)nc2sc(C(=O)NCCC3=CCCCC3)c(N)c2c1-c1ccsc1. The Morgan fingerprint density at radius 3 is 2.90 bits per heavy atom. The standard InChI is InChI=1S/C21H21N5OS2/c22-10-14-15(13-7-9-28-11-13)16-17(23)18(29-21(16)26-19(14)24)20(27)25-8-6-12-4-2-1-3-5-12/h4,7,9,11H,1-3,5-6,8,23H2,(H2,24,26)(H,25,27). The van der Waals surface area contributed by atoms with Gasteiger partial charge in [0, 0.05) is 17.5 Å². The molecule has 0 aromatic carbocycles. The van der Waals surface area contributed by atoms with Gasteiger partial charge in [-0.2, -0.15) is 16.6 Å². The van der Waals surface area contributed by atoms with Crippen molar-refractivity contribution in [1.82, 2.24) is 10.3 Å². The Morgan fingerprint density at radius 2 is 2.21 bits per heavy atom. The summed E-state index contributed by atoms with van der Waals surface area (Å²) in [5.74, 6) is -0.0612. The van der Waals surface area contributed by atoms with Crippen molar-refractivity contribution in [2.75, 3.05) is 18.0 Å². The normalized spacial score (nSPS) is 13.8. The number of rotatable bonds is 5. The van der Waals surface area contributed by atoms with Crippen LogP contribution in [0.25, 0.3) is 21.3 Å². The second-order valence-corrected chi connectivity index (χ2v) is 8.79. The number of pyridine rings is 1. The van der Waals surface area contributed by atoms with Gasteiger partial charge in [-0.15, -0.1) is 11.3 Å². The number of carbonyl (C=O) groups excluding carboxylic acids is 1. The average Bonchev–Trinajstić information content (AvgIpc) is 3.36. The first-order chi connectivity index (χ1) is 14.1. The Bertz CT molecular complexity index is 1140. The molecule has 0 saturated heterocycles. The van der Waals surface area contributed by atoms with Crippen molar-refractivity contribution >= 4 is 50.3 Å². The lowest BCUT2D eigenvalue weighted by atomic mass is 9.97. The van der Waals surface area contributed by atoms with Crippen LogP contribution in [-0.2, 0) is 0 Å². The minimum absolute atomic E-state index is 0.152. The highest BCUT2D eigenvalue weighted by atomic mass is 32.1. The summed E-state index contributed by atoms with van der Waals surface area (Å²) in [7, 11) is 0. The Morgan fingerprint density at radius 1 is 1.34 bits per heavy atom. The van der Waals surface area contributed by atoms with Crippen molar-refractivity contribution in [2.45, 2.75) is 32.1 Å². The van der Waals surface area contributed by atoms with E-state index in [2.05, 4.69) is 22.4 Å². The van der Waals surface area contributed by atoms with E-state index in [4.69, 9.17) is 11.5 Å². The molecule has 3 heterocycles. The number of thiophene rings is 2. The highest BCUT2D eigenvalue weighted by molar-refractivity contribution is 7.21. The number of amides is 1. The predicted octanol–water partition coefficient (Wildman–Crippen LogP) is 4.68. The van der Waals surface area contributed by atoms with Gasteiger partial charge in [-0.1, -0.05) is 11.6 Å². The van der Waals surface area contributed by atoms with E-state index in [-0.39, 0.29) is 17.3 Å². The van der Waals surface area contributed by atoms with E-state index in [1.165, 1.54) is 41.1 Å². The number of fused-ring (bicyclic) bond motifs is 1. The molecule has 29 heavy (non-hydrogen) atoms. The first kappa shape index (κ1) is 19.4. The molecule has 3 aromatic rings. The van der Waals surface area contributed by atoms with Crippen molar-refractivity contribution in [3.05, 3.63) is 38.9 Å². The number of hydrogen-bond donors (Lipinski definition) is 3. The molecule has 0 radical (unpaired) electrons. The van der Waals surface area contributed by atoms with Gasteiger partial charge in [0.15, 0.2) is 0 Å². The predicted molar refractivity (Wildman–Crippen MR) is 120 cm³/mol. The number of nitriles is 1. The van der Waals surface area contributed by atoms with Crippen LogP contribution in [0, 0.1) is 11.3 Å². The number of nitrogen functional groups attached to an aromatic ring is 2. The van der Waals surface area contributed by atoms with E-state index in [0.717, 1.165) is 24.8 Å². The summed E-state index contributed by atoms with van der Waals surface area (Å²) in [6.45, 7) is 0.578. The fourth-order valence-corrected chi connectivity index (χ4v) is 5.37. The molecule has 4 rings (SSSR count). The van der Waals surface area contributed by atoms with E-state index in [1.807, 2.05) is 16.8 Å². The highest BCUT2D eigenvalue weighted by Gasteiger charge is 2.24. The summed E-state index contributed by atoms with van der Waals surface area (Å²) >= 11 is 2.73. The van der Waals surface area contributed by atoms with Crippen LogP contribution in [0.4, 0.5) is 11.5 Å². The Kier molecular flexibility index (Phi) is 5.51. The molecule has 0 bridgehead atoms. The second-order valence-electron chi connectivity index (χ2n) is 7.01. The van der Waals surface area contributed by atoms with Crippen LogP contribution in [0.1, 0.15) is 47.3 Å². The van der Waals surface area contributed by atoms with Crippen molar-refractivity contribution in [3.63, 3.8) is 0 Å². The first-order valence-corrected chi connectivity index (χ1v) is 11.3. The summed E-state index contributed by atoms with van der Waals surface area (Å²) < 4.78 is 0. The number of nitrogens with two attached hydrogens (primary N) is 2. The third kappa shape index (κ3) is 3.71. The minimum atomic E-state index is -0.213. The lowest BCUT2D eigenvalue weighted by molar-refractivity contribution is 0.0959. The van der Waals surface area contributed by atoms with Crippen LogP contribution < -0.4 is 16.8 Å². The van der Waals surface area contributed by atoms with Crippen LogP contribution in [-0.4, -0.2) is 17.4 Å². The summed E-state index contributed by atoms with van der Waals surface area (Å²) in [6.07, 6.45) is 7.87. The molecule has 5 N–H and O–H groups in total. The van der Waals surface area contributed by atoms with Gasteiger partial charge in [0.05, 0.1) is 5.69 Å². The summed E-state index contributed by atoms with van der Waals surface area (Å²) in [4.78, 5) is 18.1. The second kappa shape index (κ2) is 8.23. The van der Waals surface area contributed by atoms with Crippen LogP contribution in [0.5, 0.6) is 0 Å². The number of carbonyl (C=O) groups is 1. The lowest BCUT2D eigenvalue weighted by Gasteiger charge is -2.12. The maximum absolute atomic E-state index is 12.8. The zero-order chi connectivity index (χ0) is 20.4. The maximum atomic E-state index is 12.8. The molecule has 0 fully saturated rings. The summed E-state index contributed by atoms with van der Waals surface area (Å²) in [5, 5.41) is 17.1. The van der Waals surface area contributed by atoms with Crippen molar-refractivity contribution < 1.29 is 4.79 Å². The molecule has 1 aliphatic carbocycles. The van der Waals surface area contributed by atoms with Crippen LogP contribution >= 0.6 is 22.7 Å². The topological polar surface area (TPSA) is 118 Å². The maximum Gasteiger partial charge on any atom is 0.263 e. The molecule has 0 spiro atoms. The molecule has 8 heteroatoms. The van der Waals surface area contributed by atoms with Crippen LogP contribution in [0.2, 0.25) is 0 Å². The van der Waals surface area contributed by atoms with Gasteiger partial charge >= 0.3 is 0 Å². The van der Waals surface area contributed by atoms with Gasteiger partial charge in [0.1, 0.15) is 27.2 Å². The van der Waals surface area contributed by atoms with E-state index in [0.29, 0.717) is 32.9 Å². The number of allylic oxidation sites excluding steroid dienone is 1. The Balaban J connectivity index is 1.67. The molecule has 148 valence electrons. The molecule has 0 aliphatic heterocycles. The first-order valence-electron chi connectivity index (χ1n) is 9.50. The molecule has 3 aromatic heterocycles. The number of anilines is 2. The smallest absolute Gasteiger partial charge is 0.263 e. The van der Waals surface area contributed by atoms with Gasteiger partial charge < -0.3 is 16.8 Å². The van der Waals surface area contributed by atoms with E-state index in [1.54, 1.807) is 0 Å².